The van der Waals surface area contributed by atoms with Gasteiger partial charge in [-0.2, -0.15) is 0 Å². The molecule has 3 nitrogen and oxygen atoms in total. The summed E-state index contributed by atoms with van der Waals surface area (Å²) in [5.74, 6) is 1.51. The van der Waals surface area contributed by atoms with Gasteiger partial charge in [0.2, 0.25) is 0 Å². The minimum atomic E-state index is 0.751. The molecule has 0 amide bonds. The second kappa shape index (κ2) is 12.5. The second-order valence-electron chi connectivity index (χ2n) is 12.7. The number of fused-ring (bicyclic) bond motifs is 8. The Hall–Kier alpha value is -6.58. The van der Waals surface area contributed by atoms with Crippen LogP contribution in [-0.2, 0) is 0 Å². The summed E-state index contributed by atoms with van der Waals surface area (Å²) in [5.41, 5.74) is 17.2. The molecule has 0 unspecified atom stereocenters. The maximum Gasteiger partial charge on any atom is 0.128 e. The van der Waals surface area contributed by atoms with E-state index in [1.807, 2.05) is 60.8 Å². The number of rotatable bonds is 5. The summed E-state index contributed by atoms with van der Waals surface area (Å²) in [6, 6.07) is 57.5. The lowest BCUT2D eigenvalue weighted by molar-refractivity contribution is 0.483. The molecule has 0 atom stereocenters. The Morgan fingerprint density at radius 1 is 0.360 bits per heavy atom. The third-order valence-electron chi connectivity index (χ3n) is 9.54. The van der Waals surface area contributed by atoms with Gasteiger partial charge in [-0.1, -0.05) is 115 Å². The van der Waals surface area contributed by atoms with Crippen LogP contribution in [0.25, 0.3) is 78.1 Å². The summed E-state index contributed by atoms with van der Waals surface area (Å²) in [6.07, 6.45) is 3.78. The summed E-state index contributed by atoms with van der Waals surface area (Å²) in [4.78, 5) is 9.37. The van der Waals surface area contributed by atoms with Crippen molar-refractivity contribution < 1.29 is 4.74 Å². The van der Waals surface area contributed by atoms with E-state index in [9.17, 15) is 0 Å². The van der Waals surface area contributed by atoms with Gasteiger partial charge in [0, 0.05) is 23.5 Å². The summed E-state index contributed by atoms with van der Waals surface area (Å²) in [7, 11) is 0. The molecule has 1 aliphatic carbocycles. The highest BCUT2D eigenvalue weighted by molar-refractivity contribution is 6.03. The number of pyridine rings is 2. The van der Waals surface area contributed by atoms with Gasteiger partial charge in [-0.15, -0.1) is 0 Å². The average molecular weight is 641 g/mol. The van der Waals surface area contributed by atoms with Gasteiger partial charge in [-0.3, -0.25) is 9.97 Å². The third kappa shape index (κ3) is 5.35. The monoisotopic (exact) mass is 640 g/mol. The first-order valence-electron chi connectivity index (χ1n) is 16.9. The summed E-state index contributed by atoms with van der Waals surface area (Å²) < 4.78 is 6.36. The standard InChI is InChI=1S/C47H32N2O/c1-31-30-49-47(34-13-11-15-36(27-34)50-35-14-10-12-33(26-35)46-22-8-9-25-48-46)29-44(31)32-23-24-43-41-20-5-4-18-39(41)37-16-2-3-17-38(37)40-19-6-7-21-42(40)45(43)28-32/h2-30H,1H3. The fourth-order valence-corrected chi connectivity index (χ4v) is 7.13. The number of hydrogen-bond acceptors (Lipinski definition) is 3. The Morgan fingerprint density at radius 2 is 0.880 bits per heavy atom. The first kappa shape index (κ1) is 29.6. The van der Waals surface area contributed by atoms with E-state index in [2.05, 4.69) is 121 Å². The van der Waals surface area contributed by atoms with E-state index in [1.165, 1.54) is 44.5 Å². The molecule has 8 aromatic rings. The molecule has 2 aromatic heterocycles. The van der Waals surface area contributed by atoms with Crippen LogP contribution in [0, 0.1) is 6.92 Å². The molecule has 6 aromatic carbocycles. The predicted octanol–water partition coefficient (Wildman–Crippen LogP) is 12.6. The highest BCUT2D eigenvalue weighted by atomic mass is 16.5. The van der Waals surface area contributed by atoms with Crippen molar-refractivity contribution in [1.29, 1.82) is 0 Å². The third-order valence-corrected chi connectivity index (χ3v) is 9.54. The van der Waals surface area contributed by atoms with Gasteiger partial charge in [-0.25, -0.2) is 0 Å². The fourth-order valence-electron chi connectivity index (χ4n) is 7.13. The maximum atomic E-state index is 6.36. The average Bonchev–Trinajstić information content (AvgIpc) is 3.18. The van der Waals surface area contributed by atoms with Crippen LogP contribution in [0.2, 0.25) is 0 Å². The van der Waals surface area contributed by atoms with Crippen molar-refractivity contribution in [3.63, 3.8) is 0 Å². The first-order valence-corrected chi connectivity index (χ1v) is 16.9. The number of benzene rings is 6. The molecule has 0 aliphatic heterocycles. The topological polar surface area (TPSA) is 35.0 Å². The Bertz CT molecular complexity index is 2530. The number of ether oxygens (including phenoxy) is 1. The molecule has 3 heteroatoms. The van der Waals surface area contributed by atoms with Crippen molar-refractivity contribution in [3.8, 4) is 89.6 Å². The van der Waals surface area contributed by atoms with Crippen molar-refractivity contribution in [2.45, 2.75) is 6.92 Å². The fraction of sp³-hybridized carbons (Fsp3) is 0.0213. The predicted molar refractivity (Wildman–Crippen MR) is 205 cm³/mol. The molecule has 236 valence electrons. The molecule has 0 saturated carbocycles. The summed E-state index contributed by atoms with van der Waals surface area (Å²) in [6.45, 7) is 2.14. The van der Waals surface area contributed by atoms with Crippen LogP contribution in [0.3, 0.4) is 0 Å². The number of nitrogens with zero attached hydrogens (tertiary/aromatic N) is 2. The molecular weight excluding hydrogens is 609 g/mol. The quantitative estimate of drug-likeness (QED) is 0.188. The lowest BCUT2D eigenvalue weighted by atomic mass is 9.80. The van der Waals surface area contributed by atoms with Gasteiger partial charge in [0.1, 0.15) is 11.5 Å². The van der Waals surface area contributed by atoms with Crippen molar-refractivity contribution in [2.24, 2.45) is 0 Å². The number of hydrogen-bond donors (Lipinski definition) is 0. The number of aryl methyl sites for hydroxylation is 1. The van der Waals surface area contributed by atoms with E-state index in [-0.39, 0.29) is 0 Å². The smallest absolute Gasteiger partial charge is 0.128 e. The molecule has 0 radical (unpaired) electrons. The Kier molecular flexibility index (Phi) is 7.37. The largest absolute Gasteiger partial charge is 0.457 e. The van der Waals surface area contributed by atoms with Crippen LogP contribution >= 0.6 is 0 Å². The zero-order valence-corrected chi connectivity index (χ0v) is 27.5. The zero-order valence-electron chi connectivity index (χ0n) is 27.5. The van der Waals surface area contributed by atoms with Gasteiger partial charge >= 0.3 is 0 Å². The van der Waals surface area contributed by atoms with E-state index in [0.717, 1.165) is 50.7 Å². The molecule has 0 N–H and O–H groups in total. The van der Waals surface area contributed by atoms with Crippen molar-refractivity contribution >= 4 is 0 Å². The van der Waals surface area contributed by atoms with Crippen LogP contribution in [-0.4, -0.2) is 9.97 Å². The molecule has 9 rings (SSSR count). The zero-order chi connectivity index (χ0) is 33.4. The molecular formula is C47H32N2O. The molecule has 0 spiro atoms. The van der Waals surface area contributed by atoms with E-state index in [1.54, 1.807) is 6.20 Å². The highest BCUT2D eigenvalue weighted by Gasteiger charge is 2.22. The van der Waals surface area contributed by atoms with Gasteiger partial charge in [0.05, 0.1) is 11.4 Å². The van der Waals surface area contributed by atoms with Crippen molar-refractivity contribution in [3.05, 3.63) is 182 Å². The van der Waals surface area contributed by atoms with Gasteiger partial charge in [0.25, 0.3) is 0 Å². The van der Waals surface area contributed by atoms with E-state index >= 15 is 0 Å². The lowest BCUT2D eigenvalue weighted by Crippen LogP contribution is -1.97. The maximum absolute atomic E-state index is 6.36. The van der Waals surface area contributed by atoms with E-state index in [4.69, 9.17) is 9.72 Å². The first-order chi connectivity index (χ1) is 24.7. The molecule has 2 heterocycles. The summed E-state index contributed by atoms with van der Waals surface area (Å²) >= 11 is 0. The highest BCUT2D eigenvalue weighted by Crippen LogP contribution is 2.48. The van der Waals surface area contributed by atoms with Crippen LogP contribution in [0.4, 0.5) is 0 Å². The normalized spacial score (nSPS) is 11.3. The Labute approximate surface area is 292 Å². The SMILES string of the molecule is Cc1cnc(-c2cccc(Oc3cccc(-c4ccccn4)c3)c2)cc1-c1ccc2c(c1)-c1ccccc1-c1ccccc1-c1ccccc1-2. The van der Waals surface area contributed by atoms with Crippen LogP contribution in [0.15, 0.2) is 176 Å². The van der Waals surface area contributed by atoms with Crippen molar-refractivity contribution in [1.82, 2.24) is 9.97 Å². The van der Waals surface area contributed by atoms with Crippen LogP contribution < -0.4 is 4.74 Å². The Morgan fingerprint density at radius 3 is 1.44 bits per heavy atom. The Balaban J connectivity index is 1.11. The minimum Gasteiger partial charge on any atom is -0.457 e. The number of aromatic nitrogens is 2. The van der Waals surface area contributed by atoms with Crippen molar-refractivity contribution in [2.75, 3.05) is 0 Å². The molecule has 1 aliphatic rings. The molecule has 50 heavy (non-hydrogen) atoms. The molecule has 0 bridgehead atoms. The molecule has 0 saturated heterocycles. The van der Waals surface area contributed by atoms with Gasteiger partial charge < -0.3 is 4.74 Å². The van der Waals surface area contributed by atoms with Gasteiger partial charge in [0.15, 0.2) is 0 Å². The lowest BCUT2D eigenvalue weighted by Gasteiger charge is -2.23. The summed E-state index contributed by atoms with van der Waals surface area (Å²) in [5, 5.41) is 0. The molecule has 0 fully saturated rings. The minimum absolute atomic E-state index is 0.751. The van der Waals surface area contributed by atoms with E-state index < -0.39 is 0 Å². The second-order valence-corrected chi connectivity index (χ2v) is 12.7. The van der Waals surface area contributed by atoms with Crippen LogP contribution in [0.5, 0.6) is 11.5 Å². The van der Waals surface area contributed by atoms with Crippen LogP contribution in [0.1, 0.15) is 5.56 Å². The van der Waals surface area contributed by atoms with Gasteiger partial charge in [-0.05, 0) is 117 Å². The van der Waals surface area contributed by atoms with E-state index in [0.29, 0.717) is 0 Å².